The van der Waals surface area contributed by atoms with E-state index in [0.29, 0.717) is 17.3 Å². The molecular weight excluding hydrogens is 356 g/mol. The lowest BCUT2D eigenvalue weighted by atomic mass is 10.0. The van der Waals surface area contributed by atoms with Gasteiger partial charge in [0.15, 0.2) is 5.11 Å². The van der Waals surface area contributed by atoms with E-state index >= 15 is 0 Å². The highest BCUT2D eigenvalue weighted by Crippen LogP contribution is 2.27. The van der Waals surface area contributed by atoms with E-state index in [1.807, 2.05) is 36.4 Å². The van der Waals surface area contributed by atoms with Gasteiger partial charge in [0.25, 0.3) is 0 Å². The van der Waals surface area contributed by atoms with Gasteiger partial charge in [-0.25, -0.2) is 4.79 Å². The second-order valence-electron chi connectivity index (χ2n) is 5.79. The van der Waals surface area contributed by atoms with Crippen LogP contribution in [0.2, 0.25) is 0 Å². The maximum atomic E-state index is 11.7. The minimum atomic E-state index is -0.332. The maximum absolute atomic E-state index is 11.7. The third-order valence-electron chi connectivity index (χ3n) is 3.91. The largest absolute Gasteiger partial charge is 0.462 e. The number of carbonyl (C=O) groups excluding carboxylic acids is 1. The number of carbonyl (C=O) groups is 1. The molecule has 27 heavy (non-hydrogen) atoms. The Morgan fingerprint density at radius 1 is 0.889 bits per heavy atom. The van der Waals surface area contributed by atoms with Crippen molar-refractivity contribution in [1.29, 1.82) is 0 Å². The zero-order valence-corrected chi connectivity index (χ0v) is 15.8. The number of benzene rings is 3. The molecule has 0 bridgehead atoms. The van der Waals surface area contributed by atoms with Gasteiger partial charge in [0.05, 0.1) is 12.2 Å². The third kappa shape index (κ3) is 4.92. The van der Waals surface area contributed by atoms with Crippen molar-refractivity contribution in [1.82, 2.24) is 0 Å². The Morgan fingerprint density at radius 2 is 1.56 bits per heavy atom. The molecule has 3 aromatic carbocycles. The molecule has 0 saturated heterocycles. The van der Waals surface area contributed by atoms with Gasteiger partial charge in [-0.2, -0.15) is 0 Å². The van der Waals surface area contributed by atoms with Crippen LogP contribution in [0.25, 0.3) is 11.1 Å². The molecule has 5 heteroatoms. The predicted molar refractivity (Wildman–Crippen MR) is 114 cm³/mol. The summed E-state index contributed by atoms with van der Waals surface area (Å²) in [5.41, 5.74) is 4.40. The molecule has 0 aliphatic rings. The summed E-state index contributed by atoms with van der Waals surface area (Å²) in [5, 5.41) is 6.85. The van der Waals surface area contributed by atoms with Crippen LogP contribution < -0.4 is 10.6 Å². The number of hydrogen-bond acceptors (Lipinski definition) is 3. The fourth-order valence-electron chi connectivity index (χ4n) is 2.65. The highest BCUT2D eigenvalue weighted by Gasteiger charge is 2.08. The van der Waals surface area contributed by atoms with Crippen LogP contribution in [-0.2, 0) is 4.74 Å². The van der Waals surface area contributed by atoms with Gasteiger partial charge < -0.3 is 15.4 Å². The first kappa shape index (κ1) is 18.6. The number of para-hydroxylation sites is 1. The van der Waals surface area contributed by atoms with Crippen LogP contribution in [0.5, 0.6) is 0 Å². The molecule has 0 radical (unpaired) electrons. The highest BCUT2D eigenvalue weighted by molar-refractivity contribution is 7.80. The van der Waals surface area contributed by atoms with Crippen LogP contribution in [0, 0.1) is 0 Å². The van der Waals surface area contributed by atoms with Gasteiger partial charge in [-0.05, 0) is 55.0 Å². The summed E-state index contributed by atoms with van der Waals surface area (Å²) in [6.45, 7) is 2.14. The van der Waals surface area contributed by atoms with Gasteiger partial charge in [0.2, 0.25) is 0 Å². The molecule has 136 valence electrons. The van der Waals surface area contributed by atoms with Crippen molar-refractivity contribution in [2.45, 2.75) is 6.92 Å². The molecule has 4 nitrogen and oxygen atoms in total. The fraction of sp³-hybridized carbons (Fsp3) is 0.0909. The molecule has 0 heterocycles. The first-order valence-corrected chi connectivity index (χ1v) is 9.08. The topological polar surface area (TPSA) is 50.4 Å². The van der Waals surface area contributed by atoms with Crippen LogP contribution in [0.1, 0.15) is 17.3 Å². The summed E-state index contributed by atoms with van der Waals surface area (Å²) in [7, 11) is 0. The standard InChI is InChI=1S/C22H20N2O2S/c1-2-26-21(25)17-12-14-18(15-13-17)23-22(27)24-20-11-7-6-10-19(20)16-8-4-3-5-9-16/h3-15H,2H2,1H3,(H2,23,24,27). The van der Waals surface area contributed by atoms with Gasteiger partial charge in [-0.15, -0.1) is 0 Å². The van der Waals surface area contributed by atoms with E-state index in [4.69, 9.17) is 17.0 Å². The Morgan fingerprint density at radius 3 is 2.26 bits per heavy atom. The van der Waals surface area contributed by atoms with Crippen LogP contribution >= 0.6 is 12.2 Å². The molecule has 0 aliphatic heterocycles. The van der Waals surface area contributed by atoms with E-state index in [1.54, 1.807) is 31.2 Å². The number of thiocarbonyl (C=S) groups is 1. The van der Waals surface area contributed by atoms with E-state index in [2.05, 4.69) is 28.8 Å². The molecule has 2 N–H and O–H groups in total. The SMILES string of the molecule is CCOC(=O)c1ccc(NC(=S)Nc2ccccc2-c2ccccc2)cc1. The van der Waals surface area contributed by atoms with Crippen LogP contribution in [0.15, 0.2) is 78.9 Å². The zero-order chi connectivity index (χ0) is 19.1. The summed E-state index contributed by atoms with van der Waals surface area (Å²) in [6.07, 6.45) is 0. The minimum Gasteiger partial charge on any atom is -0.462 e. The first-order valence-electron chi connectivity index (χ1n) is 8.67. The lowest BCUT2D eigenvalue weighted by Gasteiger charge is -2.14. The molecule has 0 fully saturated rings. The second kappa shape index (κ2) is 8.96. The van der Waals surface area contributed by atoms with Crippen molar-refractivity contribution in [2.75, 3.05) is 17.2 Å². The van der Waals surface area contributed by atoms with Gasteiger partial charge in [0.1, 0.15) is 0 Å². The normalized spacial score (nSPS) is 10.1. The van der Waals surface area contributed by atoms with Crippen molar-refractivity contribution >= 4 is 34.7 Å². The molecule has 0 spiro atoms. The predicted octanol–water partition coefficient (Wildman–Crippen LogP) is 5.34. The number of hydrogen-bond donors (Lipinski definition) is 2. The number of anilines is 2. The van der Waals surface area contributed by atoms with Gasteiger partial charge in [0, 0.05) is 16.9 Å². The summed E-state index contributed by atoms with van der Waals surface area (Å²) in [4.78, 5) is 11.7. The van der Waals surface area contributed by atoms with Crippen molar-refractivity contribution in [2.24, 2.45) is 0 Å². The van der Waals surface area contributed by atoms with Crippen LogP contribution in [-0.4, -0.2) is 17.7 Å². The number of esters is 1. The highest BCUT2D eigenvalue weighted by atomic mass is 32.1. The van der Waals surface area contributed by atoms with Gasteiger partial charge in [-0.3, -0.25) is 0 Å². The van der Waals surface area contributed by atoms with E-state index in [1.165, 1.54) is 0 Å². The van der Waals surface area contributed by atoms with Crippen molar-refractivity contribution in [3.05, 3.63) is 84.4 Å². The lowest BCUT2D eigenvalue weighted by molar-refractivity contribution is 0.0526. The van der Waals surface area contributed by atoms with Crippen molar-refractivity contribution < 1.29 is 9.53 Å². The second-order valence-corrected chi connectivity index (χ2v) is 6.20. The Hall–Kier alpha value is -3.18. The van der Waals surface area contributed by atoms with Gasteiger partial charge >= 0.3 is 5.97 Å². The summed E-state index contributed by atoms with van der Waals surface area (Å²) in [6, 6.07) is 25.1. The number of ether oxygens (including phenoxy) is 1. The number of rotatable bonds is 5. The summed E-state index contributed by atoms with van der Waals surface area (Å²) < 4.78 is 4.99. The monoisotopic (exact) mass is 376 g/mol. The summed E-state index contributed by atoms with van der Waals surface area (Å²) in [5.74, 6) is -0.332. The molecule has 3 aromatic rings. The first-order chi connectivity index (χ1) is 13.2. The molecular formula is C22H20N2O2S. The molecule has 0 atom stereocenters. The molecule has 3 rings (SSSR count). The molecule has 0 aliphatic carbocycles. The maximum Gasteiger partial charge on any atom is 0.338 e. The lowest BCUT2D eigenvalue weighted by Crippen LogP contribution is -2.19. The van der Waals surface area contributed by atoms with Crippen molar-refractivity contribution in [3.8, 4) is 11.1 Å². The van der Waals surface area contributed by atoms with Crippen LogP contribution in [0.3, 0.4) is 0 Å². The van der Waals surface area contributed by atoms with E-state index < -0.39 is 0 Å². The quantitative estimate of drug-likeness (QED) is 0.465. The Labute approximate surface area is 164 Å². The van der Waals surface area contributed by atoms with E-state index in [0.717, 1.165) is 22.5 Å². The Bertz CT molecular complexity index is 925. The summed E-state index contributed by atoms with van der Waals surface area (Å²) >= 11 is 5.44. The van der Waals surface area contributed by atoms with Gasteiger partial charge in [-0.1, -0.05) is 48.5 Å². The Balaban J connectivity index is 1.69. The molecule has 0 amide bonds. The fourth-order valence-corrected chi connectivity index (χ4v) is 2.88. The molecule has 0 aromatic heterocycles. The smallest absolute Gasteiger partial charge is 0.338 e. The van der Waals surface area contributed by atoms with E-state index in [9.17, 15) is 4.79 Å². The van der Waals surface area contributed by atoms with Crippen molar-refractivity contribution in [3.63, 3.8) is 0 Å². The molecule has 0 unspecified atom stereocenters. The average molecular weight is 376 g/mol. The number of nitrogens with one attached hydrogen (secondary N) is 2. The minimum absolute atomic E-state index is 0.332. The third-order valence-corrected chi connectivity index (χ3v) is 4.12. The molecule has 0 saturated carbocycles. The van der Waals surface area contributed by atoms with E-state index in [-0.39, 0.29) is 5.97 Å². The zero-order valence-electron chi connectivity index (χ0n) is 14.9. The van der Waals surface area contributed by atoms with Crippen LogP contribution in [0.4, 0.5) is 11.4 Å². The average Bonchev–Trinajstić information content (AvgIpc) is 2.70. The Kier molecular flexibility index (Phi) is 6.18.